The van der Waals surface area contributed by atoms with Gasteiger partial charge in [0.15, 0.2) is 0 Å². The number of esters is 1. The molecule has 0 radical (unpaired) electrons. The molecule has 31 heavy (non-hydrogen) atoms. The minimum absolute atomic E-state index is 0.0300. The maximum absolute atomic E-state index is 12.8. The van der Waals surface area contributed by atoms with E-state index >= 15 is 0 Å². The first-order chi connectivity index (χ1) is 14.7. The van der Waals surface area contributed by atoms with Gasteiger partial charge in [-0.3, -0.25) is 19.7 Å². The number of nitro benzene ring substituents is 1. The van der Waals surface area contributed by atoms with E-state index in [2.05, 4.69) is 5.32 Å². The number of non-ortho nitro benzene ring substituents is 1. The summed E-state index contributed by atoms with van der Waals surface area (Å²) in [6.07, 6.45) is 0. The fraction of sp³-hybridized carbons (Fsp3) is 0.190. The molecule has 1 N–H and O–H groups in total. The quantitative estimate of drug-likeness (QED) is 0.299. The summed E-state index contributed by atoms with van der Waals surface area (Å²) >= 11 is 6.07. The smallest absolute Gasteiger partial charge is 0.338 e. The lowest BCUT2D eigenvalue weighted by molar-refractivity contribution is -0.384. The molecule has 0 saturated carbocycles. The van der Waals surface area contributed by atoms with Crippen LogP contribution < -0.4 is 10.2 Å². The Morgan fingerprint density at radius 3 is 2.45 bits per heavy atom. The predicted octanol–water partition coefficient (Wildman–Crippen LogP) is 3.84. The molecule has 1 aliphatic rings. The Hall–Kier alpha value is -3.72. The lowest BCUT2D eigenvalue weighted by Crippen LogP contribution is -2.32. The van der Waals surface area contributed by atoms with Crippen molar-refractivity contribution in [3.63, 3.8) is 0 Å². The van der Waals surface area contributed by atoms with Gasteiger partial charge >= 0.3 is 5.97 Å². The SMILES string of the molecule is CC(C)COC(=O)c1ccc(NC2=C(Cl)C(=O)N(c3cccc([N+](=O)[O-])c3)C2=O)cc1. The van der Waals surface area contributed by atoms with Crippen LogP contribution in [-0.4, -0.2) is 29.3 Å². The van der Waals surface area contributed by atoms with Crippen LogP contribution in [0.15, 0.2) is 59.3 Å². The van der Waals surface area contributed by atoms with Gasteiger partial charge in [0, 0.05) is 17.8 Å². The molecule has 2 aromatic rings. The van der Waals surface area contributed by atoms with Crippen LogP contribution in [0.2, 0.25) is 0 Å². The number of amides is 2. The van der Waals surface area contributed by atoms with Gasteiger partial charge < -0.3 is 10.1 Å². The van der Waals surface area contributed by atoms with Crippen molar-refractivity contribution in [2.24, 2.45) is 5.92 Å². The summed E-state index contributed by atoms with van der Waals surface area (Å²) in [6.45, 7) is 4.15. The Labute approximate surface area is 182 Å². The second-order valence-corrected chi connectivity index (χ2v) is 7.48. The van der Waals surface area contributed by atoms with Crippen molar-refractivity contribution in [2.75, 3.05) is 16.8 Å². The van der Waals surface area contributed by atoms with E-state index in [-0.39, 0.29) is 28.0 Å². The first-order valence-electron chi connectivity index (χ1n) is 9.26. The molecule has 0 spiro atoms. The summed E-state index contributed by atoms with van der Waals surface area (Å²) in [7, 11) is 0. The minimum atomic E-state index is -0.802. The maximum atomic E-state index is 12.8. The molecule has 2 amide bonds. The Balaban J connectivity index is 1.77. The number of imide groups is 1. The molecule has 3 rings (SSSR count). The Kier molecular flexibility index (Phi) is 6.36. The third-order valence-electron chi connectivity index (χ3n) is 4.26. The Morgan fingerprint density at radius 2 is 1.84 bits per heavy atom. The molecule has 0 aliphatic carbocycles. The first-order valence-corrected chi connectivity index (χ1v) is 9.64. The molecule has 0 saturated heterocycles. The third-order valence-corrected chi connectivity index (χ3v) is 4.61. The zero-order chi connectivity index (χ0) is 22.7. The van der Waals surface area contributed by atoms with Crippen molar-refractivity contribution in [3.8, 4) is 0 Å². The molecule has 0 fully saturated rings. The molecule has 160 valence electrons. The van der Waals surface area contributed by atoms with Gasteiger partial charge in [-0.25, -0.2) is 9.69 Å². The fourth-order valence-corrected chi connectivity index (χ4v) is 2.96. The van der Waals surface area contributed by atoms with E-state index in [4.69, 9.17) is 16.3 Å². The second-order valence-electron chi connectivity index (χ2n) is 7.11. The van der Waals surface area contributed by atoms with Crippen molar-refractivity contribution in [1.29, 1.82) is 0 Å². The van der Waals surface area contributed by atoms with Crippen molar-refractivity contribution in [2.45, 2.75) is 13.8 Å². The number of hydrogen-bond donors (Lipinski definition) is 1. The van der Waals surface area contributed by atoms with E-state index in [9.17, 15) is 24.5 Å². The number of nitro groups is 1. The van der Waals surface area contributed by atoms with Gasteiger partial charge in [0.1, 0.15) is 10.7 Å². The number of ether oxygens (including phenoxy) is 1. The molecule has 9 nitrogen and oxygen atoms in total. The van der Waals surface area contributed by atoms with E-state index < -0.39 is 22.7 Å². The van der Waals surface area contributed by atoms with Gasteiger partial charge in [0.25, 0.3) is 17.5 Å². The summed E-state index contributed by atoms with van der Waals surface area (Å²) in [5.41, 5.74) is 0.334. The van der Waals surface area contributed by atoms with Crippen LogP contribution in [0, 0.1) is 16.0 Å². The fourth-order valence-electron chi connectivity index (χ4n) is 2.75. The van der Waals surface area contributed by atoms with E-state index in [1.165, 1.54) is 42.5 Å². The van der Waals surface area contributed by atoms with E-state index in [1.54, 1.807) is 0 Å². The molecule has 0 unspecified atom stereocenters. The summed E-state index contributed by atoms with van der Waals surface area (Å²) in [5, 5.41) is 13.4. The summed E-state index contributed by atoms with van der Waals surface area (Å²) in [4.78, 5) is 48.4. The zero-order valence-electron chi connectivity index (χ0n) is 16.6. The lowest BCUT2D eigenvalue weighted by Gasteiger charge is -2.15. The number of hydrogen-bond acceptors (Lipinski definition) is 7. The first kappa shape index (κ1) is 22.0. The number of rotatable bonds is 7. The van der Waals surface area contributed by atoms with Crippen molar-refractivity contribution in [1.82, 2.24) is 0 Å². The molecule has 0 bridgehead atoms. The summed E-state index contributed by atoms with van der Waals surface area (Å²) < 4.78 is 5.16. The van der Waals surface area contributed by atoms with E-state index in [0.717, 1.165) is 11.0 Å². The van der Waals surface area contributed by atoms with Crippen LogP contribution in [-0.2, 0) is 14.3 Å². The Bertz CT molecular complexity index is 1090. The van der Waals surface area contributed by atoms with Gasteiger partial charge in [-0.15, -0.1) is 0 Å². The highest BCUT2D eigenvalue weighted by Gasteiger charge is 2.39. The van der Waals surface area contributed by atoms with Crippen LogP contribution in [0.5, 0.6) is 0 Å². The zero-order valence-corrected chi connectivity index (χ0v) is 17.4. The van der Waals surface area contributed by atoms with Crippen molar-refractivity contribution >= 4 is 46.4 Å². The highest BCUT2D eigenvalue weighted by Crippen LogP contribution is 2.31. The molecule has 2 aromatic carbocycles. The van der Waals surface area contributed by atoms with Crippen LogP contribution in [0.3, 0.4) is 0 Å². The molecule has 0 atom stereocenters. The number of carbonyl (C=O) groups is 3. The maximum Gasteiger partial charge on any atom is 0.338 e. The number of nitrogens with zero attached hydrogens (tertiary/aromatic N) is 2. The molecule has 10 heteroatoms. The van der Waals surface area contributed by atoms with Gasteiger partial charge in [0.05, 0.1) is 22.8 Å². The van der Waals surface area contributed by atoms with Crippen molar-refractivity contribution in [3.05, 3.63) is 74.9 Å². The third kappa shape index (κ3) is 4.72. The van der Waals surface area contributed by atoms with Crippen LogP contribution in [0.4, 0.5) is 17.1 Å². The average Bonchev–Trinajstić information content (AvgIpc) is 2.95. The largest absolute Gasteiger partial charge is 0.462 e. The molecule has 1 aliphatic heterocycles. The predicted molar refractivity (Wildman–Crippen MR) is 114 cm³/mol. The average molecular weight is 444 g/mol. The number of halogens is 1. The van der Waals surface area contributed by atoms with Gasteiger partial charge in [-0.1, -0.05) is 31.5 Å². The van der Waals surface area contributed by atoms with Crippen molar-refractivity contribution < 1.29 is 24.0 Å². The molecule has 0 aromatic heterocycles. The Morgan fingerprint density at radius 1 is 1.16 bits per heavy atom. The number of carbonyl (C=O) groups excluding carboxylic acids is 3. The molecule has 1 heterocycles. The van der Waals surface area contributed by atoms with Crippen LogP contribution in [0.25, 0.3) is 0 Å². The van der Waals surface area contributed by atoms with Gasteiger partial charge in [-0.05, 0) is 36.2 Å². The van der Waals surface area contributed by atoms with Gasteiger partial charge in [-0.2, -0.15) is 0 Å². The topological polar surface area (TPSA) is 119 Å². The lowest BCUT2D eigenvalue weighted by atomic mass is 10.2. The highest BCUT2D eigenvalue weighted by molar-refractivity contribution is 6.53. The monoisotopic (exact) mass is 443 g/mol. The van der Waals surface area contributed by atoms with Crippen LogP contribution >= 0.6 is 11.6 Å². The highest BCUT2D eigenvalue weighted by atomic mass is 35.5. The minimum Gasteiger partial charge on any atom is -0.462 e. The normalized spacial score (nSPS) is 13.7. The van der Waals surface area contributed by atoms with E-state index in [1.807, 2.05) is 13.8 Å². The molecular weight excluding hydrogens is 426 g/mol. The summed E-state index contributed by atoms with van der Waals surface area (Å²) in [5.74, 6) is -1.82. The molecular formula is C21H18ClN3O6. The van der Waals surface area contributed by atoms with Gasteiger partial charge in [0.2, 0.25) is 0 Å². The number of nitrogens with one attached hydrogen (secondary N) is 1. The number of benzene rings is 2. The summed E-state index contributed by atoms with van der Waals surface area (Å²) in [6, 6.07) is 11.2. The van der Waals surface area contributed by atoms with E-state index in [0.29, 0.717) is 17.9 Å². The standard InChI is InChI=1S/C21H18ClN3O6/c1-12(2)11-31-21(28)13-6-8-14(9-7-13)23-18-17(22)19(26)24(20(18)27)15-4-3-5-16(10-15)25(29)30/h3-10,12,23H,11H2,1-2H3. The number of anilines is 2. The van der Waals surface area contributed by atoms with Crippen LogP contribution in [0.1, 0.15) is 24.2 Å². The second kappa shape index (κ2) is 8.97.